The number of carbonyl (C=O) groups excluding carboxylic acids is 4. The highest BCUT2D eigenvalue weighted by atomic mass is 35.5. The van der Waals surface area contributed by atoms with Gasteiger partial charge in [-0.05, 0) is 26.7 Å². The minimum Gasteiger partial charge on any atom is -0.469 e. The lowest BCUT2D eigenvalue weighted by Gasteiger charge is -2.48. The average molecular weight is 791 g/mol. The number of Topliss-reactive ketones (excluding diaryl/α,β-unsaturated/α-hetero) is 1. The van der Waals surface area contributed by atoms with E-state index in [0.29, 0.717) is 19.3 Å². The summed E-state index contributed by atoms with van der Waals surface area (Å²) in [7, 11) is 1.26. The molecule has 306 valence electrons. The third-order valence-corrected chi connectivity index (χ3v) is 9.04. The number of aliphatic hydroxyl groups is 7. The molecule has 20 nitrogen and oxygen atoms in total. The van der Waals surface area contributed by atoms with Crippen molar-refractivity contribution in [3.8, 4) is 0 Å². The molecule has 0 amide bonds. The second-order valence-electron chi connectivity index (χ2n) is 12.9. The second-order valence-corrected chi connectivity index (χ2v) is 13.1. The topological polar surface area (TPSA) is 293 Å². The molecule has 0 aliphatic carbocycles. The Hall–Kier alpha value is -2.15. The fraction of sp³-hybridized carbons (Fsp3) is 0.875. The van der Waals surface area contributed by atoms with E-state index >= 15 is 0 Å². The number of rotatable bonds is 19. The lowest BCUT2D eigenvalue weighted by molar-refractivity contribution is -0.366. The molecule has 3 rings (SSSR count). The molecule has 3 aliphatic rings. The highest BCUT2D eigenvalue weighted by molar-refractivity contribution is 6.26. The SMILES string of the molecule is COC(=O)CCCCCO[C@@H]1O[C@H](CO[C@@H]2O[C@@H](C)[C@@H](O)[C@@H](O)[C@@H]2O)[C@H](OC(=O)CCC(C)=O)[C@H](O[C@H]2O[C@H](CO)[C@@H](O)[C@H](O)[C@H]2O)[C@H]1OC(=O)CCl. The van der Waals surface area contributed by atoms with Crippen LogP contribution in [0.25, 0.3) is 0 Å². The molecular formula is C32H51ClO20. The van der Waals surface area contributed by atoms with Crippen molar-refractivity contribution < 1.29 is 97.6 Å². The van der Waals surface area contributed by atoms with Crippen LogP contribution in [0, 0.1) is 0 Å². The van der Waals surface area contributed by atoms with Crippen molar-refractivity contribution >= 4 is 35.3 Å². The molecule has 0 unspecified atom stereocenters. The Morgan fingerprint density at radius 3 is 1.92 bits per heavy atom. The zero-order chi connectivity index (χ0) is 39.4. The van der Waals surface area contributed by atoms with Crippen molar-refractivity contribution in [3.05, 3.63) is 0 Å². The van der Waals surface area contributed by atoms with Gasteiger partial charge in [-0.25, -0.2) is 0 Å². The van der Waals surface area contributed by atoms with Crippen LogP contribution in [0.4, 0.5) is 0 Å². The molecule has 0 radical (unpaired) electrons. The van der Waals surface area contributed by atoms with Gasteiger partial charge in [0, 0.05) is 19.4 Å². The number of ether oxygens (including phenoxy) is 9. The molecule has 7 N–H and O–H groups in total. The first-order chi connectivity index (χ1) is 25.1. The van der Waals surface area contributed by atoms with Gasteiger partial charge in [-0.3, -0.25) is 14.4 Å². The normalized spacial score (nSPS) is 37.5. The number of alkyl halides is 1. The Morgan fingerprint density at radius 2 is 1.28 bits per heavy atom. The number of hydrogen-bond donors (Lipinski definition) is 7. The Bertz CT molecular complexity index is 1180. The predicted octanol–water partition coefficient (Wildman–Crippen LogP) is -3.08. The van der Waals surface area contributed by atoms with Crippen LogP contribution in [0.2, 0.25) is 0 Å². The van der Waals surface area contributed by atoms with E-state index < -0.39 is 136 Å². The highest BCUT2D eigenvalue weighted by Crippen LogP contribution is 2.34. The second kappa shape index (κ2) is 21.8. The third kappa shape index (κ3) is 12.7. The first-order valence-electron chi connectivity index (χ1n) is 17.2. The Kier molecular flexibility index (Phi) is 18.6. The van der Waals surface area contributed by atoms with Crippen LogP contribution in [0.5, 0.6) is 0 Å². The van der Waals surface area contributed by atoms with Crippen molar-refractivity contribution in [1.29, 1.82) is 0 Å². The molecule has 53 heavy (non-hydrogen) atoms. The summed E-state index contributed by atoms with van der Waals surface area (Å²) in [6.07, 6.45) is -23.7. The monoisotopic (exact) mass is 790 g/mol. The summed E-state index contributed by atoms with van der Waals surface area (Å²) in [5.74, 6) is -3.41. The summed E-state index contributed by atoms with van der Waals surface area (Å²) in [6.45, 7) is 1.16. The molecule has 0 aromatic heterocycles. The fourth-order valence-corrected chi connectivity index (χ4v) is 5.83. The van der Waals surface area contributed by atoms with E-state index in [1.807, 2.05) is 0 Å². The van der Waals surface area contributed by atoms with E-state index in [0.717, 1.165) is 0 Å². The maximum Gasteiger partial charge on any atom is 0.321 e. The summed E-state index contributed by atoms with van der Waals surface area (Å²) in [5, 5.41) is 72.4. The zero-order valence-corrected chi connectivity index (χ0v) is 30.3. The minimum absolute atomic E-state index is 0.0593. The molecule has 15 atom stereocenters. The van der Waals surface area contributed by atoms with Crippen molar-refractivity contribution in [3.63, 3.8) is 0 Å². The molecule has 0 spiro atoms. The van der Waals surface area contributed by atoms with Gasteiger partial charge in [-0.15, -0.1) is 11.6 Å². The summed E-state index contributed by atoms with van der Waals surface area (Å²) in [6, 6.07) is 0. The van der Waals surface area contributed by atoms with Crippen LogP contribution in [-0.2, 0) is 61.8 Å². The van der Waals surface area contributed by atoms with Gasteiger partial charge >= 0.3 is 17.9 Å². The van der Waals surface area contributed by atoms with Gasteiger partial charge in [-0.1, -0.05) is 6.42 Å². The lowest BCUT2D eigenvalue weighted by Crippen LogP contribution is -2.66. The number of esters is 3. The highest BCUT2D eigenvalue weighted by Gasteiger charge is 2.55. The summed E-state index contributed by atoms with van der Waals surface area (Å²) in [5.41, 5.74) is 0. The standard InChI is InChI=1S/C32H51ClO20/c1-14(35)8-9-19(37)51-27-17(13-47-30-25(43)23(41)21(39)15(2)48-30)50-32(46-10-6-4-5-7-18(36)45-3)29(52-20(38)11-33)28(27)53-31-26(44)24(42)22(40)16(12-34)49-31/h15-17,21-32,34,39-44H,4-13H2,1-3H3/t15-,16+,17+,21+,22+,23+,24-,25-,26+,27-,28-,29+,30+,31+,32+/m0/s1. The number of hydrogen-bond acceptors (Lipinski definition) is 20. The van der Waals surface area contributed by atoms with Crippen LogP contribution in [0.3, 0.4) is 0 Å². The number of carbonyl (C=O) groups is 4. The number of aliphatic hydroxyl groups excluding tert-OH is 7. The molecule has 3 aliphatic heterocycles. The minimum atomic E-state index is -1.97. The van der Waals surface area contributed by atoms with Crippen molar-refractivity contribution in [2.75, 3.05) is 32.8 Å². The van der Waals surface area contributed by atoms with Gasteiger partial charge in [0.25, 0.3) is 0 Å². The van der Waals surface area contributed by atoms with Gasteiger partial charge in [0.1, 0.15) is 66.6 Å². The molecule has 3 saturated heterocycles. The summed E-state index contributed by atoms with van der Waals surface area (Å²) < 4.78 is 50.9. The smallest absolute Gasteiger partial charge is 0.321 e. The van der Waals surface area contributed by atoms with Crippen molar-refractivity contribution in [2.45, 2.75) is 144 Å². The van der Waals surface area contributed by atoms with Gasteiger partial charge < -0.3 is 83.2 Å². The van der Waals surface area contributed by atoms with Crippen LogP contribution in [0.1, 0.15) is 52.4 Å². The molecule has 21 heteroatoms. The van der Waals surface area contributed by atoms with E-state index in [9.17, 15) is 54.9 Å². The first-order valence-corrected chi connectivity index (χ1v) is 17.7. The number of ketones is 1. The largest absolute Gasteiger partial charge is 0.469 e. The molecule has 0 saturated carbocycles. The van der Waals surface area contributed by atoms with Crippen molar-refractivity contribution in [2.24, 2.45) is 0 Å². The molecule has 0 aromatic rings. The van der Waals surface area contributed by atoms with E-state index in [-0.39, 0.29) is 25.2 Å². The first kappa shape index (κ1) is 45.2. The average Bonchev–Trinajstić information content (AvgIpc) is 3.13. The van der Waals surface area contributed by atoms with E-state index in [1.165, 1.54) is 21.0 Å². The van der Waals surface area contributed by atoms with Crippen LogP contribution in [0.15, 0.2) is 0 Å². The summed E-state index contributed by atoms with van der Waals surface area (Å²) in [4.78, 5) is 48.9. The molecule has 0 aromatic carbocycles. The fourth-order valence-electron chi connectivity index (χ4n) is 5.77. The number of halogens is 1. The maximum atomic E-state index is 13.1. The van der Waals surface area contributed by atoms with E-state index in [2.05, 4.69) is 4.74 Å². The summed E-state index contributed by atoms with van der Waals surface area (Å²) >= 11 is 5.76. The van der Waals surface area contributed by atoms with Crippen LogP contribution < -0.4 is 0 Å². The van der Waals surface area contributed by atoms with Crippen LogP contribution in [-0.4, -0.2) is 184 Å². The maximum absolute atomic E-state index is 13.1. The third-order valence-electron chi connectivity index (χ3n) is 8.82. The van der Waals surface area contributed by atoms with E-state index in [4.69, 9.17) is 49.5 Å². The molecular weight excluding hydrogens is 740 g/mol. The number of unbranched alkanes of at least 4 members (excludes halogenated alkanes) is 2. The zero-order valence-electron chi connectivity index (χ0n) is 29.5. The van der Waals surface area contributed by atoms with Gasteiger partial charge in [-0.2, -0.15) is 0 Å². The Labute approximate surface area is 310 Å². The predicted molar refractivity (Wildman–Crippen MR) is 172 cm³/mol. The molecule has 0 bridgehead atoms. The quantitative estimate of drug-likeness (QED) is 0.0295. The van der Waals surface area contributed by atoms with Crippen LogP contribution >= 0.6 is 11.6 Å². The van der Waals surface area contributed by atoms with Gasteiger partial charge in [0.05, 0.1) is 32.8 Å². The van der Waals surface area contributed by atoms with E-state index in [1.54, 1.807) is 0 Å². The molecule has 3 fully saturated rings. The number of methoxy groups -OCH3 is 1. The van der Waals surface area contributed by atoms with Gasteiger partial charge in [0.15, 0.2) is 31.1 Å². The van der Waals surface area contributed by atoms with Crippen molar-refractivity contribution in [1.82, 2.24) is 0 Å². The lowest BCUT2D eigenvalue weighted by atomic mass is 9.96. The van der Waals surface area contributed by atoms with Gasteiger partial charge in [0.2, 0.25) is 0 Å². The Balaban J connectivity index is 2.00. The molecule has 3 heterocycles. The Morgan fingerprint density at radius 1 is 0.642 bits per heavy atom.